The number of carbonyl (C=O) groups is 1. The van der Waals surface area contributed by atoms with Gasteiger partial charge >= 0.3 is 0 Å². The first-order valence-corrected chi connectivity index (χ1v) is 11.5. The number of benzene rings is 1. The summed E-state index contributed by atoms with van der Waals surface area (Å²) >= 11 is 0. The number of amides is 1. The fourth-order valence-electron chi connectivity index (χ4n) is 3.54. The van der Waals surface area contributed by atoms with Crippen LogP contribution in [-0.4, -0.2) is 45.4 Å². The maximum absolute atomic E-state index is 12.3. The molecule has 1 fully saturated rings. The number of piperidine rings is 1. The molecule has 1 aliphatic rings. The Hall–Kier alpha value is -2.16. The minimum absolute atomic E-state index is 0.0768. The number of furan rings is 1. The predicted octanol–water partition coefficient (Wildman–Crippen LogP) is 2.61. The van der Waals surface area contributed by atoms with E-state index in [0.29, 0.717) is 17.9 Å². The van der Waals surface area contributed by atoms with Gasteiger partial charge in [-0.1, -0.05) is 6.92 Å². The molecule has 29 heavy (non-hydrogen) atoms. The highest BCUT2D eigenvalue weighted by Gasteiger charge is 2.17. The van der Waals surface area contributed by atoms with Gasteiger partial charge in [-0.3, -0.25) is 4.79 Å². The number of carbonyl (C=O) groups excluding carboxylic acids is 1. The van der Waals surface area contributed by atoms with Crippen LogP contribution in [0, 0.1) is 5.92 Å². The number of likely N-dealkylation sites (tertiary alicyclic amines) is 1. The molecule has 1 unspecified atom stereocenters. The van der Waals surface area contributed by atoms with E-state index in [1.54, 1.807) is 12.1 Å². The highest BCUT2D eigenvalue weighted by molar-refractivity contribution is 7.89. The van der Waals surface area contributed by atoms with Gasteiger partial charge in [0.25, 0.3) is 5.91 Å². The zero-order chi connectivity index (χ0) is 20.7. The fraction of sp³-hybridized carbons (Fsp3) is 0.476. The summed E-state index contributed by atoms with van der Waals surface area (Å²) in [6.07, 6.45) is 4.95. The van der Waals surface area contributed by atoms with Crippen LogP contribution in [0.15, 0.2) is 52.0 Å². The first-order valence-electron chi connectivity index (χ1n) is 10.1. The molecule has 0 radical (unpaired) electrons. The molecule has 1 atom stereocenters. The van der Waals surface area contributed by atoms with E-state index in [1.165, 1.54) is 43.4 Å². The molecule has 2 N–H and O–H groups in total. The first kappa shape index (κ1) is 21.5. The van der Waals surface area contributed by atoms with Crippen molar-refractivity contribution in [2.75, 3.05) is 26.2 Å². The van der Waals surface area contributed by atoms with Gasteiger partial charge in [0.2, 0.25) is 10.0 Å². The summed E-state index contributed by atoms with van der Waals surface area (Å²) in [7, 11) is -3.66. The van der Waals surface area contributed by atoms with E-state index in [1.807, 2.05) is 0 Å². The van der Waals surface area contributed by atoms with E-state index in [9.17, 15) is 13.2 Å². The third-order valence-electron chi connectivity index (χ3n) is 5.12. The SMILES string of the molecule is CC1CCCN(CCCNC(=O)c2ccc(S(=O)(=O)NCc3ccco3)cc2)C1. The standard InChI is InChI=1S/C21H29N3O4S/c1-17-5-2-12-24(16-17)13-4-11-22-21(25)18-7-9-20(10-8-18)29(26,27)23-15-19-6-3-14-28-19/h3,6-10,14,17,23H,2,4-5,11-13,15-16H2,1H3,(H,22,25). The Bertz CT molecular complexity index is 879. The van der Waals surface area contributed by atoms with Crippen LogP contribution in [0.3, 0.4) is 0 Å². The number of hydrogen-bond acceptors (Lipinski definition) is 5. The molecule has 1 aromatic carbocycles. The molecule has 7 nitrogen and oxygen atoms in total. The molecule has 0 saturated carbocycles. The zero-order valence-corrected chi connectivity index (χ0v) is 17.6. The molecule has 1 aromatic heterocycles. The van der Waals surface area contributed by atoms with Crippen LogP contribution >= 0.6 is 0 Å². The minimum atomic E-state index is -3.66. The molecule has 1 saturated heterocycles. The molecule has 158 valence electrons. The van der Waals surface area contributed by atoms with Crippen molar-refractivity contribution in [3.05, 3.63) is 54.0 Å². The van der Waals surface area contributed by atoms with Crippen molar-refractivity contribution in [2.24, 2.45) is 5.92 Å². The van der Waals surface area contributed by atoms with Gasteiger partial charge in [0, 0.05) is 18.7 Å². The van der Waals surface area contributed by atoms with Gasteiger partial charge in [0.15, 0.2) is 0 Å². The topological polar surface area (TPSA) is 91.7 Å². The first-order chi connectivity index (χ1) is 13.9. The van der Waals surface area contributed by atoms with Crippen LogP contribution in [0.4, 0.5) is 0 Å². The van der Waals surface area contributed by atoms with Crippen molar-refractivity contribution in [1.29, 1.82) is 0 Å². The van der Waals surface area contributed by atoms with E-state index >= 15 is 0 Å². The Morgan fingerprint density at radius 3 is 2.72 bits per heavy atom. The molecule has 0 aliphatic carbocycles. The number of rotatable bonds is 9. The molecule has 2 heterocycles. The van der Waals surface area contributed by atoms with Crippen molar-refractivity contribution in [3.8, 4) is 0 Å². The van der Waals surface area contributed by atoms with Crippen molar-refractivity contribution < 1.29 is 17.6 Å². The average Bonchev–Trinajstić information content (AvgIpc) is 3.24. The van der Waals surface area contributed by atoms with E-state index in [4.69, 9.17) is 4.42 Å². The van der Waals surface area contributed by atoms with Gasteiger partial charge in [0.05, 0.1) is 17.7 Å². The molecule has 0 spiro atoms. The van der Waals surface area contributed by atoms with Crippen LogP contribution in [0.1, 0.15) is 42.3 Å². The summed E-state index contributed by atoms with van der Waals surface area (Å²) in [5.41, 5.74) is 0.446. The van der Waals surface area contributed by atoms with E-state index in [2.05, 4.69) is 21.9 Å². The lowest BCUT2D eigenvalue weighted by Gasteiger charge is -2.30. The molecule has 0 bridgehead atoms. The van der Waals surface area contributed by atoms with Crippen LogP contribution in [0.2, 0.25) is 0 Å². The van der Waals surface area contributed by atoms with E-state index < -0.39 is 10.0 Å². The lowest BCUT2D eigenvalue weighted by molar-refractivity contribution is 0.0950. The van der Waals surface area contributed by atoms with Gasteiger partial charge in [-0.25, -0.2) is 13.1 Å². The molecular weight excluding hydrogens is 390 g/mol. The summed E-state index contributed by atoms with van der Waals surface area (Å²) in [6.45, 7) is 6.23. The van der Waals surface area contributed by atoms with Crippen molar-refractivity contribution in [1.82, 2.24) is 14.9 Å². The molecule has 1 amide bonds. The zero-order valence-electron chi connectivity index (χ0n) is 16.8. The van der Waals surface area contributed by atoms with Crippen LogP contribution in [0.25, 0.3) is 0 Å². The number of sulfonamides is 1. The third kappa shape index (κ3) is 6.42. The molecule has 1 aliphatic heterocycles. The van der Waals surface area contributed by atoms with Gasteiger partial charge < -0.3 is 14.6 Å². The Kier molecular flexibility index (Phi) is 7.46. The Balaban J connectivity index is 1.44. The van der Waals surface area contributed by atoms with Crippen molar-refractivity contribution in [3.63, 3.8) is 0 Å². The summed E-state index contributed by atoms with van der Waals surface area (Å²) in [5, 5.41) is 2.91. The van der Waals surface area contributed by atoms with Gasteiger partial charge in [-0.05, 0) is 74.7 Å². The van der Waals surface area contributed by atoms with E-state index in [0.717, 1.165) is 32.0 Å². The summed E-state index contributed by atoms with van der Waals surface area (Å²) in [5.74, 6) is 1.09. The van der Waals surface area contributed by atoms with Gasteiger partial charge in [-0.2, -0.15) is 0 Å². The smallest absolute Gasteiger partial charge is 0.251 e. The normalized spacial score (nSPS) is 17.9. The minimum Gasteiger partial charge on any atom is -0.468 e. The van der Waals surface area contributed by atoms with Gasteiger partial charge in [-0.15, -0.1) is 0 Å². The monoisotopic (exact) mass is 419 g/mol. The number of nitrogens with one attached hydrogen (secondary N) is 2. The lowest BCUT2D eigenvalue weighted by atomic mass is 10.0. The number of nitrogens with zero attached hydrogens (tertiary/aromatic N) is 1. The Morgan fingerprint density at radius 1 is 1.24 bits per heavy atom. The molecule has 3 rings (SSSR count). The quantitative estimate of drug-likeness (QED) is 0.610. The lowest BCUT2D eigenvalue weighted by Crippen LogP contribution is -2.36. The molecule has 8 heteroatoms. The molecule has 2 aromatic rings. The fourth-order valence-corrected chi connectivity index (χ4v) is 4.54. The molecular formula is C21H29N3O4S. The largest absolute Gasteiger partial charge is 0.468 e. The van der Waals surface area contributed by atoms with Crippen LogP contribution in [-0.2, 0) is 16.6 Å². The van der Waals surface area contributed by atoms with Crippen molar-refractivity contribution in [2.45, 2.75) is 37.6 Å². The predicted molar refractivity (Wildman–Crippen MR) is 111 cm³/mol. The van der Waals surface area contributed by atoms with Gasteiger partial charge in [0.1, 0.15) is 5.76 Å². The second kappa shape index (κ2) is 10.0. The summed E-state index contributed by atoms with van der Waals surface area (Å²) in [4.78, 5) is 14.9. The third-order valence-corrected chi connectivity index (χ3v) is 6.54. The second-order valence-corrected chi connectivity index (χ2v) is 9.35. The number of hydrogen-bond donors (Lipinski definition) is 2. The summed E-state index contributed by atoms with van der Waals surface area (Å²) < 4.78 is 32.3. The maximum Gasteiger partial charge on any atom is 0.251 e. The maximum atomic E-state index is 12.3. The van der Waals surface area contributed by atoms with Crippen LogP contribution in [0.5, 0.6) is 0 Å². The van der Waals surface area contributed by atoms with Crippen molar-refractivity contribution >= 4 is 15.9 Å². The highest BCUT2D eigenvalue weighted by atomic mass is 32.2. The van der Waals surface area contributed by atoms with Crippen LogP contribution < -0.4 is 10.0 Å². The Morgan fingerprint density at radius 2 is 2.03 bits per heavy atom. The van der Waals surface area contributed by atoms with E-state index in [-0.39, 0.29) is 17.3 Å². The summed E-state index contributed by atoms with van der Waals surface area (Å²) in [6, 6.07) is 9.33. The Labute approximate surface area is 172 Å². The second-order valence-electron chi connectivity index (χ2n) is 7.59. The highest BCUT2D eigenvalue weighted by Crippen LogP contribution is 2.15. The average molecular weight is 420 g/mol.